The van der Waals surface area contributed by atoms with Crippen LogP contribution >= 0.6 is 0 Å². The maximum Gasteiger partial charge on any atom is 0.339 e. The first kappa shape index (κ1) is 18.6. The molecule has 0 aliphatic heterocycles. The first-order chi connectivity index (χ1) is 13.0. The number of allylic oxidation sites excluding steroid dienone is 1. The summed E-state index contributed by atoms with van der Waals surface area (Å²) < 4.78 is 30.3. The van der Waals surface area contributed by atoms with Gasteiger partial charge < -0.3 is 4.18 Å². The zero-order chi connectivity index (χ0) is 19.3. The lowest BCUT2D eigenvalue weighted by molar-refractivity contribution is 0.104. The van der Waals surface area contributed by atoms with Crippen LogP contribution in [0.15, 0.2) is 89.8 Å². The Bertz CT molecular complexity index is 1070. The quantitative estimate of drug-likeness (QED) is 0.356. The minimum absolute atomic E-state index is 0.000728. The molecule has 3 aromatic rings. The molecule has 0 N–H and O–H groups in total. The molecule has 0 radical (unpaired) electrons. The summed E-state index contributed by atoms with van der Waals surface area (Å²) in [7, 11) is -4.03. The number of carbonyl (C=O) groups excluding carboxylic acids is 1. The Balaban J connectivity index is 1.86. The highest BCUT2D eigenvalue weighted by Crippen LogP contribution is 2.24. The van der Waals surface area contributed by atoms with Crippen LogP contribution in [0.5, 0.6) is 5.75 Å². The lowest BCUT2D eigenvalue weighted by Gasteiger charge is -2.10. The predicted octanol–water partition coefficient (Wildman–Crippen LogP) is 4.66. The standard InChI is InChI=1S/C22H18O4S/c1-17-11-14-19(15-12-17)27(24,25)26-22-10-6-5-9-20(22)21(23)16-13-18-7-3-2-4-8-18/h2-16H,1H3. The highest BCUT2D eigenvalue weighted by molar-refractivity contribution is 7.87. The highest BCUT2D eigenvalue weighted by Gasteiger charge is 2.20. The molecule has 0 saturated heterocycles. The van der Waals surface area contributed by atoms with Crippen molar-refractivity contribution >= 4 is 22.0 Å². The summed E-state index contributed by atoms with van der Waals surface area (Å²) in [5, 5.41) is 0. The van der Waals surface area contributed by atoms with Crippen molar-refractivity contribution in [2.24, 2.45) is 0 Å². The maximum absolute atomic E-state index is 12.5. The molecule has 0 unspecified atom stereocenters. The van der Waals surface area contributed by atoms with Gasteiger partial charge in [0.1, 0.15) is 4.90 Å². The summed E-state index contributed by atoms with van der Waals surface area (Å²) in [6.07, 6.45) is 3.07. The minimum atomic E-state index is -4.03. The van der Waals surface area contributed by atoms with E-state index in [0.717, 1.165) is 11.1 Å². The molecule has 0 amide bonds. The molecule has 0 heterocycles. The van der Waals surface area contributed by atoms with Crippen molar-refractivity contribution in [2.75, 3.05) is 0 Å². The van der Waals surface area contributed by atoms with Crippen LogP contribution in [0, 0.1) is 6.92 Å². The van der Waals surface area contributed by atoms with E-state index in [0.29, 0.717) is 0 Å². The van der Waals surface area contributed by atoms with Crippen molar-refractivity contribution in [3.8, 4) is 5.75 Å². The Kier molecular flexibility index (Phi) is 5.52. The second-order valence-electron chi connectivity index (χ2n) is 5.95. The zero-order valence-corrected chi connectivity index (χ0v) is 15.5. The van der Waals surface area contributed by atoms with E-state index in [4.69, 9.17) is 4.18 Å². The molecule has 3 rings (SSSR count). The Labute approximate surface area is 158 Å². The summed E-state index contributed by atoms with van der Waals surface area (Å²) in [6.45, 7) is 1.87. The fraction of sp³-hybridized carbons (Fsp3) is 0.0455. The van der Waals surface area contributed by atoms with E-state index in [9.17, 15) is 13.2 Å². The average Bonchev–Trinajstić information content (AvgIpc) is 2.67. The lowest BCUT2D eigenvalue weighted by atomic mass is 10.1. The van der Waals surface area contributed by atoms with Gasteiger partial charge in [0.2, 0.25) is 0 Å². The van der Waals surface area contributed by atoms with E-state index in [1.165, 1.54) is 30.3 Å². The number of rotatable bonds is 6. The van der Waals surface area contributed by atoms with Gasteiger partial charge in [-0.25, -0.2) is 0 Å². The predicted molar refractivity (Wildman–Crippen MR) is 105 cm³/mol. The molecule has 0 fully saturated rings. The van der Waals surface area contributed by atoms with Crippen LogP contribution in [0.2, 0.25) is 0 Å². The molecular weight excluding hydrogens is 360 g/mol. The molecule has 0 saturated carbocycles. The average molecular weight is 378 g/mol. The number of aryl methyl sites for hydroxylation is 1. The molecule has 4 nitrogen and oxygen atoms in total. The highest BCUT2D eigenvalue weighted by atomic mass is 32.2. The van der Waals surface area contributed by atoms with Crippen LogP contribution in [0.25, 0.3) is 6.08 Å². The molecule has 136 valence electrons. The third-order valence-electron chi connectivity index (χ3n) is 3.89. The number of benzene rings is 3. The van der Waals surface area contributed by atoms with E-state index in [-0.39, 0.29) is 22.0 Å². The van der Waals surface area contributed by atoms with E-state index < -0.39 is 10.1 Å². The van der Waals surface area contributed by atoms with Crippen LogP contribution < -0.4 is 4.18 Å². The number of hydrogen-bond donors (Lipinski definition) is 0. The van der Waals surface area contributed by atoms with Crippen LogP contribution in [0.3, 0.4) is 0 Å². The molecule has 3 aromatic carbocycles. The monoisotopic (exact) mass is 378 g/mol. The summed E-state index contributed by atoms with van der Waals surface area (Å²) in [6, 6.07) is 22.0. The fourth-order valence-electron chi connectivity index (χ4n) is 2.44. The molecule has 0 atom stereocenters. The van der Waals surface area contributed by atoms with Gasteiger partial charge in [-0.1, -0.05) is 66.2 Å². The molecule has 0 aliphatic carbocycles. The summed E-state index contributed by atoms with van der Waals surface area (Å²) >= 11 is 0. The third kappa shape index (κ3) is 4.71. The van der Waals surface area contributed by atoms with Crippen LogP contribution in [0.1, 0.15) is 21.5 Å². The van der Waals surface area contributed by atoms with Crippen molar-refractivity contribution in [1.82, 2.24) is 0 Å². The van der Waals surface area contributed by atoms with Crippen molar-refractivity contribution < 1.29 is 17.4 Å². The molecule has 5 heteroatoms. The SMILES string of the molecule is Cc1ccc(S(=O)(=O)Oc2ccccc2C(=O)C=Cc2ccccc2)cc1. The third-order valence-corrected chi connectivity index (χ3v) is 5.14. The molecular formula is C22H18O4S. The zero-order valence-electron chi connectivity index (χ0n) is 14.7. The summed E-state index contributed by atoms with van der Waals surface area (Å²) in [5.74, 6) is -0.339. The largest absolute Gasteiger partial charge is 0.378 e. The van der Waals surface area contributed by atoms with Crippen molar-refractivity contribution in [3.05, 3.63) is 102 Å². The Morgan fingerprint density at radius 1 is 0.852 bits per heavy atom. The van der Waals surface area contributed by atoms with E-state index in [1.54, 1.807) is 30.3 Å². The van der Waals surface area contributed by atoms with Gasteiger partial charge in [0, 0.05) is 0 Å². The Morgan fingerprint density at radius 3 is 2.19 bits per heavy atom. The van der Waals surface area contributed by atoms with Crippen LogP contribution in [-0.2, 0) is 10.1 Å². The Morgan fingerprint density at radius 2 is 1.48 bits per heavy atom. The van der Waals surface area contributed by atoms with Crippen molar-refractivity contribution in [2.45, 2.75) is 11.8 Å². The molecule has 0 aliphatic rings. The van der Waals surface area contributed by atoms with Gasteiger partial charge in [0.05, 0.1) is 5.56 Å². The van der Waals surface area contributed by atoms with Crippen molar-refractivity contribution in [3.63, 3.8) is 0 Å². The lowest BCUT2D eigenvalue weighted by Crippen LogP contribution is -2.12. The van der Waals surface area contributed by atoms with Gasteiger partial charge >= 0.3 is 10.1 Å². The van der Waals surface area contributed by atoms with E-state index in [2.05, 4.69) is 0 Å². The van der Waals surface area contributed by atoms with Gasteiger partial charge in [0.15, 0.2) is 11.5 Å². The number of ketones is 1. The van der Waals surface area contributed by atoms with Gasteiger partial charge in [-0.15, -0.1) is 0 Å². The van der Waals surface area contributed by atoms with E-state index in [1.807, 2.05) is 37.3 Å². The molecule has 0 aromatic heterocycles. The summed E-state index contributed by atoms with van der Waals surface area (Å²) in [5.41, 5.74) is 1.99. The van der Waals surface area contributed by atoms with Gasteiger partial charge in [0.25, 0.3) is 0 Å². The van der Waals surface area contributed by atoms with Crippen LogP contribution in [0.4, 0.5) is 0 Å². The topological polar surface area (TPSA) is 60.4 Å². The van der Waals surface area contributed by atoms with Crippen LogP contribution in [-0.4, -0.2) is 14.2 Å². The first-order valence-electron chi connectivity index (χ1n) is 8.33. The Hall–Kier alpha value is -3.18. The minimum Gasteiger partial charge on any atom is -0.378 e. The fourth-order valence-corrected chi connectivity index (χ4v) is 3.39. The smallest absolute Gasteiger partial charge is 0.339 e. The second-order valence-corrected chi connectivity index (χ2v) is 7.50. The maximum atomic E-state index is 12.5. The number of carbonyl (C=O) groups is 1. The van der Waals surface area contributed by atoms with Gasteiger partial charge in [-0.05, 0) is 42.8 Å². The summed E-state index contributed by atoms with van der Waals surface area (Å²) in [4.78, 5) is 12.6. The van der Waals surface area contributed by atoms with E-state index >= 15 is 0 Å². The molecule has 0 spiro atoms. The second kappa shape index (κ2) is 8.01. The number of para-hydroxylation sites is 1. The van der Waals surface area contributed by atoms with Gasteiger partial charge in [-0.2, -0.15) is 8.42 Å². The molecule has 0 bridgehead atoms. The normalized spacial score (nSPS) is 11.4. The number of hydrogen-bond acceptors (Lipinski definition) is 4. The van der Waals surface area contributed by atoms with Crippen molar-refractivity contribution in [1.29, 1.82) is 0 Å². The first-order valence-corrected chi connectivity index (χ1v) is 9.74. The van der Waals surface area contributed by atoms with Gasteiger partial charge in [-0.3, -0.25) is 4.79 Å². The molecule has 27 heavy (non-hydrogen) atoms.